The fourth-order valence-electron chi connectivity index (χ4n) is 3.34. The molecule has 0 radical (unpaired) electrons. The number of nitrogens with one attached hydrogen (secondary N) is 1. The quantitative estimate of drug-likeness (QED) is 0.827. The number of carbonyl (C=O) groups is 2. The van der Waals surface area contributed by atoms with Gasteiger partial charge in [-0.2, -0.15) is 0 Å². The van der Waals surface area contributed by atoms with Crippen molar-refractivity contribution in [3.05, 3.63) is 34.5 Å². The van der Waals surface area contributed by atoms with E-state index in [0.717, 1.165) is 28.5 Å². The van der Waals surface area contributed by atoms with E-state index in [-0.39, 0.29) is 30.4 Å². The van der Waals surface area contributed by atoms with Crippen molar-refractivity contribution >= 4 is 33.3 Å². The van der Waals surface area contributed by atoms with Crippen LogP contribution in [0.15, 0.2) is 18.2 Å². The van der Waals surface area contributed by atoms with E-state index in [1.54, 1.807) is 6.07 Å². The fraction of sp³-hybridized carbons (Fsp3) is 0.444. The van der Waals surface area contributed by atoms with E-state index in [0.29, 0.717) is 11.4 Å². The van der Waals surface area contributed by atoms with Gasteiger partial charge in [-0.3, -0.25) is 14.5 Å². The molecule has 0 saturated heterocycles. The number of nitrogens with zero attached hydrogens (tertiary/aromatic N) is 1. The molecule has 0 unspecified atom stereocenters. The van der Waals surface area contributed by atoms with Crippen LogP contribution in [0.3, 0.4) is 0 Å². The van der Waals surface area contributed by atoms with E-state index in [1.807, 2.05) is 18.7 Å². The summed E-state index contributed by atoms with van der Waals surface area (Å²) in [6, 6.07) is 4.81. The lowest BCUT2D eigenvalue weighted by molar-refractivity contribution is -0.139. The highest BCUT2D eigenvalue weighted by molar-refractivity contribution is 7.21. The molecule has 1 aliphatic rings. The van der Waals surface area contributed by atoms with Gasteiger partial charge < -0.3 is 10.4 Å². The number of likely N-dealkylation sites (N-methyl/N-ethyl adjacent to an activating group) is 1. The molecular formula is C18H21FN2O3S. The number of hydrogen-bond donors (Lipinski definition) is 2. The molecule has 25 heavy (non-hydrogen) atoms. The van der Waals surface area contributed by atoms with Gasteiger partial charge >= 0.3 is 5.97 Å². The summed E-state index contributed by atoms with van der Waals surface area (Å²) < 4.78 is 14.3. The lowest BCUT2D eigenvalue weighted by Crippen LogP contribution is -2.54. The lowest BCUT2D eigenvalue weighted by Gasteiger charge is -2.42. The molecule has 134 valence electrons. The van der Waals surface area contributed by atoms with Gasteiger partial charge in [-0.15, -0.1) is 11.3 Å². The molecule has 1 heterocycles. The number of amides is 1. The summed E-state index contributed by atoms with van der Waals surface area (Å²) in [6.45, 7) is 4.48. The Labute approximate surface area is 149 Å². The highest BCUT2D eigenvalue weighted by atomic mass is 32.1. The second-order valence-electron chi connectivity index (χ2n) is 6.45. The number of rotatable bonds is 6. The number of thiophene rings is 1. The summed E-state index contributed by atoms with van der Waals surface area (Å²) in [5, 5.41) is 12.7. The second kappa shape index (κ2) is 7.09. The van der Waals surface area contributed by atoms with Gasteiger partial charge in [0.2, 0.25) is 0 Å². The molecule has 1 aromatic carbocycles. The minimum Gasteiger partial charge on any atom is -0.480 e. The van der Waals surface area contributed by atoms with Crippen molar-refractivity contribution in [3.63, 3.8) is 0 Å². The van der Waals surface area contributed by atoms with E-state index in [4.69, 9.17) is 5.11 Å². The van der Waals surface area contributed by atoms with Crippen LogP contribution in [0.5, 0.6) is 0 Å². The molecule has 2 aromatic rings. The van der Waals surface area contributed by atoms with Crippen molar-refractivity contribution in [2.75, 3.05) is 13.1 Å². The van der Waals surface area contributed by atoms with Crippen LogP contribution >= 0.6 is 11.3 Å². The van der Waals surface area contributed by atoms with Gasteiger partial charge in [0.05, 0.1) is 11.4 Å². The third-order valence-corrected chi connectivity index (χ3v) is 6.09. The average molecular weight is 364 g/mol. The van der Waals surface area contributed by atoms with Crippen molar-refractivity contribution < 1.29 is 19.1 Å². The predicted octanol–water partition coefficient (Wildman–Crippen LogP) is 3.02. The number of carbonyl (C=O) groups excluding carboxylic acids is 1. The second-order valence-corrected chi connectivity index (χ2v) is 7.50. The maximum absolute atomic E-state index is 13.4. The Bertz CT molecular complexity index is 814. The molecule has 1 aliphatic carbocycles. The maximum Gasteiger partial charge on any atom is 0.317 e. The Balaban J connectivity index is 1.63. The Kier molecular flexibility index (Phi) is 5.06. The van der Waals surface area contributed by atoms with Crippen LogP contribution in [0, 0.1) is 12.7 Å². The lowest BCUT2D eigenvalue weighted by atomic mass is 9.85. The van der Waals surface area contributed by atoms with Crippen molar-refractivity contribution in [2.24, 2.45) is 0 Å². The molecule has 2 N–H and O–H groups in total. The zero-order chi connectivity index (χ0) is 18.1. The maximum atomic E-state index is 13.4. The summed E-state index contributed by atoms with van der Waals surface area (Å²) >= 11 is 1.37. The molecule has 0 aliphatic heterocycles. The van der Waals surface area contributed by atoms with E-state index in [1.165, 1.54) is 23.5 Å². The first-order valence-electron chi connectivity index (χ1n) is 8.34. The van der Waals surface area contributed by atoms with Crippen molar-refractivity contribution in [3.8, 4) is 0 Å². The number of carboxylic acids is 1. The Morgan fingerprint density at radius 2 is 2.12 bits per heavy atom. The summed E-state index contributed by atoms with van der Waals surface area (Å²) in [6.07, 6.45) is 1.51. The van der Waals surface area contributed by atoms with Gasteiger partial charge in [-0.1, -0.05) is 6.92 Å². The highest BCUT2D eigenvalue weighted by Gasteiger charge is 2.35. The molecule has 1 amide bonds. The van der Waals surface area contributed by atoms with Gasteiger partial charge in [0.25, 0.3) is 5.91 Å². The van der Waals surface area contributed by atoms with Gasteiger partial charge in [0.15, 0.2) is 0 Å². The molecule has 5 nitrogen and oxygen atoms in total. The first-order valence-corrected chi connectivity index (χ1v) is 9.16. The third-order valence-electron chi connectivity index (χ3n) is 4.81. The minimum absolute atomic E-state index is 0.0306. The molecule has 0 spiro atoms. The minimum atomic E-state index is -0.831. The summed E-state index contributed by atoms with van der Waals surface area (Å²) in [4.78, 5) is 25.9. The normalized spacial score (nSPS) is 19.8. The standard InChI is InChI=1S/C18H21FN2O3S/c1-3-21(9-16(22)23)13-7-12(8-13)20-18(24)17-10(2)14-6-11(19)4-5-15(14)25-17/h4-6,12-13H,3,7-9H2,1-2H3,(H,20,24)(H,22,23). The van der Waals surface area contributed by atoms with E-state index in [9.17, 15) is 14.0 Å². The molecule has 1 fully saturated rings. The number of fused-ring (bicyclic) bond motifs is 1. The highest BCUT2D eigenvalue weighted by Crippen LogP contribution is 2.32. The average Bonchev–Trinajstić information content (AvgIpc) is 2.85. The number of aliphatic carboxylic acids is 1. The van der Waals surface area contributed by atoms with Crippen LogP contribution < -0.4 is 5.32 Å². The number of benzene rings is 1. The summed E-state index contributed by atoms with van der Waals surface area (Å²) in [7, 11) is 0. The zero-order valence-electron chi connectivity index (χ0n) is 14.2. The Morgan fingerprint density at radius 1 is 1.40 bits per heavy atom. The number of hydrogen-bond acceptors (Lipinski definition) is 4. The van der Waals surface area contributed by atoms with Crippen LogP contribution in [0.4, 0.5) is 4.39 Å². The molecule has 0 bridgehead atoms. The van der Waals surface area contributed by atoms with Gasteiger partial charge in [0.1, 0.15) is 5.82 Å². The van der Waals surface area contributed by atoms with Crippen molar-refractivity contribution in [1.29, 1.82) is 0 Å². The predicted molar refractivity (Wildman–Crippen MR) is 95.7 cm³/mol. The molecule has 3 rings (SSSR count). The number of halogens is 1. The molecule has 1 aromatic heterocycles. The fourth-order valence-corrected chi connectivity index (χ4v) is 4.43. The molecule has 7 heteroatoms. The van der Waals surface area contributed by atoms with Crippen LogP contribution in [0.1, 0.15) is 35.0 Å². The monoisotopic (exact) mass is 364 g/mol. The van der Waals surface area contributed by atoms with E-state index in [2.05, 4.69) is 5.32 Å². The SMILES string of the molecule is CCN(CC(=O)O)C1CC(NC(=O)c2sc3ccc(F)cc3c2C)C1. The van der Waals surface area contributed by atoms with Crippen LogP contribution in [-0.2, 0) is 4.79 Å². The molecule has 0 atom stereocenters. The first-order chi connectivity index (χ1) is 11.9. The number of carboxylic acid groups (broad SMARTS) is 1. The van der Waals surface area contributed by atoms with Gasteiger partial charge in [-0.05, 0) is 55.5 Å². The third kappa shape index (κ3) is 3.67. The molecular weight excluding hydrogens is 343 g/mol. The zero-order valence-corrected chi connectivity index (χ0v) is 15.0. The van der Waals surface area contributed by atoms with Gasteiger partial charge in [0, 0.05) is 16.8 Å². The van der Waals surface area contributed by atoms with Crippen LogP contribution in [0.25, 0.3) is 10.1 Å². The topological polar surface area (TPSA) is 69.6 Å². The smallest absolute Gasteiger partial charge is 0.317 e. The van der Waals surface area contributed by atoms with Crippen LogP contribution in [0.2, 0.25) is 0 Å². The Morgan fingerprint density at radius 3 is 2.76 bits per heavy atom. The van der Waals surface area contributed by atoms with Crippen LogP contribution in [-0.4, -0.2) is 47.1 Å². The summed E-state index contributed by atoms with van der Waals surface area (Å²) in [5.41, 5.74) is 0.800. The largest absolute Gasteiger partial charge is 0.480 e. The van der Waals surface area contributed by atoms with E-state index < -0.39 is 5.97 Å². The van der Waals surface area contributed by atoms with Crippen molar-refractivity contribution in [1.82, 2.24) is 10.2 Å². The summed E-state index contributed by atoms with van der Waals surface area (Å²) in [5.74, 6) is -1.27. The number of aryl methyl sites for hydroxylation is 1. The van der Waals surface area contributed by atoms with Crippen molar-refractivity contribution in [2.45, 2.75) is 38.8 Å². The first kappa shape index (κ1) is 17.8. The van der Waals surface area contributed by atoms with E-state index >= 15 is 0 Å². The molecule has 1 saturated carbocycles. The Hall–Kier alpha value is -1.99. The van der Waals surface area contributed by atoms with Gasteiger partial charge in [-0.25, -0.2) is 4.39 Å².